The van der Waals surface area contributed by atoms with Gasteiger partial charge < -0.3 is 0 Å². The Morgan fingerprint density at radius 3 is 1.04 bits per heavy atom. The SMILES string of the molecule is c1ccc(-c2cccc(Cc3ccnc(-c4ccc(-c5ccccc5-c5cc(-c6ccccc6-c6ccc(-c7ccccn7)cc6)cc(-c6ccccc6-c6ccc(-c7ccccn7)cc6)c5)cc4)n3)n2)cc1. The average molecular weight is 934 g/mol. The summed E-state index contributed by atoms with van der Waals surface area (Å²) in [5, 5.41) is 0. The molecule has 5 heteroatoms. The Hall–Kier alpha value is -9.71. The first-order valence-electron chi connectivity index (χ1n) is 24.6. The summed E-state index contributed by atoms with van der Waals surface area (Å²) in [6.07, 6.45) is 6.13. The molecule has 0 amide bonds. The number of hydrogen-bond donors (Lipinski definition) is 0. The highest BCUT2D eigenvalue weighted by molar-refractivity contribution is 5.94. The van der Waals surface area contributed by atoms with E-state index in [4.69, 9.17) is 15.0 Å². The molecule has 0 aliphatic carbocycles. The maximum absolute atomic E-state index is 5.02. The first kappa shape index (κ1) is 44.5. The van der Waals surface area contributed by atoms with Gasteiger partial charge in [0, 0.05) is 53.0 Å². The highest BCUT2D eigenvalue weighted by Gasteiger charge is 2.17. The maximum atomic E-state index is 5.02. The van der Waals surface area contributed by atoms with Gasteiger partial charge in [-0.05, 0) is 127 Å². The van der Waals surface area contributed by atoms with Crippen molar-refractivity contribution in [3.05, 3.63) is 285 Å². The number of aromatic nitrogens is 5. The van der Waals surface area contributed by atoms with Gasteiger partial charge in [0.1, 0.15) is 0 Å². The van der Waals surface area contributed by atoms with Gasteiger partial charge in [-0.3, -0.25) is 15.0 Å². The van der Waals surface area contributed by atoms with Crippen molar-refractivity contribution in [2.24, 2.45) is 0 Å². The predicted octanol–water partition coefficient (Wildman–Crippen LogP) is 16.9. The van der Waals surface area contributed by atoms with Crippen LogP contribution in [-0.2, 0) is 6.42 Å². The molecule has 12 aromatic rings. The molecule has 0 saturated heterocycles. The monoisotopic (exact) mass is 933 g/mol. The predicted molar refractivity (Wildman–Crippen MR) is 299 cm³/mol. The zero-order valence-electron chi connectivity index (χ0n) is 39.9. The summed E-state index contributed by atoms with van der Waals surface area (Å²) >= 11 is 0. The molecule has 5 nitrogen and oxygen atoms in total. The van der Waals surface area contributed by atoms with Crippen molar-refractivity contribution in [1.29, 1.82) is 0 Å². The van der Waals surface area contributed by atoms with Crippen molar-refractivity contribution < 1.29 is 0 Å². The Balaban J connectivity index is 0.921. The molecule has 0 aliphatic rings. The molecule has 0 fully saturated rings. The lowest BCUT2D eigenvalue weighted by atomic mass is 9.86. The van der Waals surface area contributed by atoms with Crippen LogP contribution in [0.3, 0.4) is 0 Å². The molecule has 4 aromatic heterocycles. The number of benzene rings is 8. The van der Waals surface area contributed by atoms with Crippen LogP contribution in [0.5, 0.6) is 0 Å². The van der Waals surface area contributed by atoms with Crippen LogP contribution in [0.4, 0.5) is 0 Å². The van der Waals surface area contributed by atoms with E-state index < -0.39 is 0 Å². The Kier molecular flexibility index (Phi) is 12.4. The molecular formula is C68H47N5. The third-order valence-electron chi connectivity index (χ3n) is 13.4. The molecule has 0 saturated carbocycles. The fraction of sp³-hybridized carbons (Fsp3) is 0.0147. The van der Waals surface area contributed by atoms with E-state index in [1.54, 1.807) is 0 Å². The van der Waals surface area contributed by atoms with Crippen LogP contribution >= 0.6 is 0 Å². The minimum atomic E-state index is 0.605. The maximum Gasteiger partial charge on any atom is 0.159 e. The first-order valence-corrected chi connectivity index (χ1v) is 24.6. The minimum absolute atomic E-state index is 0.605. The number of rotatable bonds is 12. The Bertz CT molecular complexity index is 3690. The zero-order chi connectivity index (χ0) is 48.8. The van der Waals surface area contributed by atoms with Crippen molar-refractivity contribution in [3.63, 3.8) is 0 Å². The van der Waals surface area contributed by atoms with E-state index in [2.05, 4.69) is 216 Å². The van der Waals surface area contributed by atoms with E-state index in [0.717, 1.165) is 117 Å². The van der Waals surface area contributed by atoms with E-state index in [0.29, 0.717) is 12.2 Å². The lowest BCUT2D eigenvalue weighted by Crippen LogP contribution is -1.99. The average Bonchev–Trinajstić information content (AvgIpc) is 3.48. The van der Waals surface area contributed by atoms with Gasteiger partial charge in [0.15, 0.2) is 5.82 Å². The second-order valence-electron chi connectivity index (χ2n) is 18.0. The van der Waals surface area contributed by atoms with Gasteiger partial charge in [-0.1, -0.05) is 194 Å². The van der Waals surface area contributed by atoms with Crippen LogP contribution in [-0.4, -0.2) is 24.9 Å². The van der Waals surface area contributed by atoms with Crippen molar-refractivity contribution >= 4 is 0 Å². The Morgan fingerprint density at radius 1 is 0.219 bits per heavy atom. The van der Waals surface area contributed by atoms with E-state index >= 15 is 0 Å². The molecule has 0 bridgehead atoms. The van der Waals surface area contributed by atoms with Crippen LogP contribution in [0.2, 0.25) is 0 Å². The van der Waals surface area contributed by atoms with Crippen LogP contribution < -0.4 is 0 Å². The van der Waals surface area contributed by atoms with E-state index in [1.165, 1.54) is 0 Å². The van der Waals surface area contributed by atoms with Crippen LogP contribution in [0.1, 0.15) is 11.4 Å². The van der Waals surface area contributed by atoms with E-state index in [-0.39, 0.29) is 0 Å². The van der Waals surface area contributed by atoms with Gasteiger partial charge in [-0.15, -0.1) is 0 Å². The van der Waals surface area contributed by atoms with Crippen molar-refractivity contribution in [2.45, 2.75) is 6.42 Å². The van der Waals surface area contributed by atoms with Crippen LogP contribution in [0, 0.1) is 0 Å². The summed E-state index contributed by atoms with van der Waals surface area (Å²) in [6.45, 7) is 0. The molecule has 12 rings (SSSR count). The molecule has 8 aromatic carbocycles. The second kappa shape index (κ2) is 20.3. The summed E-state index contributed by atoms with van der Waals surface area (Å²) in [5.74, 6) is 0.684. The molecule has 0 aliphatic heterocycles. The van der Waals surface area contributed by atoms with Gasteiger partial charge in [0.05, 0.1) is 22.8 Å². The minimum Gasteiger partial charge on any atom is -0.256 e. The quantitative estimate of drug-likeness (QED) is 0.122. The van der Waals surface area contributed by atoms with Crippen LogP contribution in [0.25, 0.3) is 112 Å². The number of hydrogen-bond acceptors (Lipinski definition) is 5. The third-order valence-corrected chi connectivity index (χ3v) is 13.4. The molecule has 0 N–H and O–H groups in total. The van der Waals surface area contributed by atoms with E-state index in [1.807, 2.05) is 67.1 Å². The molecule has 73 heavy (non-hydrogen) atoms. The number of pyridine rings is 3. The highest BCUT2D eigenvalue weighted by atomic mass is 14.9. The first-order chi connectivity index (χ1) is 36.2. The molecule has 0 radical (unpaired) electrons. The lowest BCUT2D eigenvalue weighted by Gasteiger charge is -2.18. The topological polar surface area (TPSA) is 64.5 Å². The normalized spacial score (nSPS) is 11.1. The van der Waals surface area contributed by atoms with Crippen molar-refractivity contribution in [1.82, 2.24) is 24.9 Å². The Morgan fingerprint density at radius 2 is 0.589 bits per heavy atom. The summed E-state index contributed by atoms with van der Waals surface area (Å²) in [6, 6.07) is 89.9. The van der Waals surface area contributed by atoms with Gasteiger partial charge >= 0.3 is 0 Å². The standard InChI is InChI=1S/C68H47N5/c1-2-15-50(16-3-1)67-26-14-17-57(72-67)46-58-39-42-71-68(73-58)53-37-31-49(32-38-53)61-20-6-9-23-64(61)56-44-54(62-21-7-4-18-59(62)47-27-33-51(34-28-47)65-24-10-12-40-69-65)43-55(45-56)63-22-8-5-19-60(63)48-29-35-52(36-30-48)66-25-11-13-41-70-66/h1-45H,46H2. The zero-order valence-corrected chi connectivity index (χ0v) is 39.9. The van der Waals surface area contributed by atoms with Crippen LogP contribution in [0.15, 0.2) is 273 Å². The summed E-state index contributed by atoms with van der Waals surface area (Å²) in [5.41, 5.74) is 22.6. The number of nitrogens with zero attached hydrogens (tertiary/aromatic N) is 5. The molecule has 4 heterocycles. The molecule has 0 unspecified atom stereocenters. The summed E-state index contributed by atoms with van der Waals surface area (Å²) < 4.78 is 0. The lowest BCUT2D eigenvalue weighted by molar-refractivity contribution is 0.993. The summed E-state index contributed by atoms with van der Waals surface area (Å²) in [4.78, 5) is 23.9. The molecule has 0 atom stereocenters. The summed E-state index contributed by atoms with van der Waals surface area (Å²) in [7, 11) is 0. The van der Waals surface area contributed by atoms with Gasteiger partial charge in [-0.2, -0.15) is 0 Å². The van der Waals surface area contributed by atoms with Gasteiger partial charge in [0.2, 0.25) is 0 Å². The highest BCUT2D eigenvalue weighted by Crippen LogP contribution is 2.43. The second-order valence-corrected chi connectivity index (χ2v) is 18.0. The fourth-order valence-corrected chi connectivity index (χ4v) is 9.73. The van der Waals surface area contributed by atoms with Crippen molar-refractivity contribution in [3.8, 4) is 112 Å². The Labute approximate surface area is 426 Å². The smallest absolute Gasteiger partial charge is 0.159 e. The van der Waals surface area contributed by atoms with Gasteiger partial charge in [-0.25, -0.2) is 9.97 Å². The third kappa shape index (κ3) is 9.64. The molecule has 344 valence electrons. The largest absolute Gasteiger partial charge is 0.256 e. The molecular weight excluding hydrogens is 887 g/mol. The van der Waals surface area contributed by atoms with E-state index in [9.17, 15) is 0 Å². The molecule has 0 spiro atoms. The van der Waals surface area contributed by atoms with Crippen molar-refractivity contribution in [2.75, 3.05) is 0 Å². The fourth-order valence-electron chi connectivity index (χ4n) is 9.73. The van der Waals surface area contributed by atoms with Gasteiger partial charge in [0.25, 0.3) is 0 Å².